The van der Waals surface area contributed by atoms with E-state index < -0.39 is 30.0 Å². The zero-order chi connectivity index (χ0) is 20.1. The first-order valence-corrected chi connectivity index (χ1v) is 8.87. The number of nitrogen functional groups attached to an aromatic ring is 1. The molecule has 3 rings (SSSR count). The lowest BCUT2D eigenvalue weighted by atomic mass is 9.77. The van der Waals surface area contributed by atoms with Crippen molar-refractivity contribution in [3.05, 3.63) is 47.5 Å². The highest BCUT2D eigenvalue weighted by atomic mass is 19.1. The highest BCUT2D eigenvalue weighted by Gasteiger charge is 2.52. The number of halogens is 2. The number of hydrogen-bond donors (Lipinski definition) is 1. The maximum absolute atomic E-state index is 14.5. The Balaban J connectivity index is 2.09. The summed E-state index contributed by atoms with van der Waals surface area (Å²) in [5.74, 6) is -1.24. The third-order valence-electron chi connectivity index (χ3n) is 5.47. The molecule has 2 aromatic rings. The SMILES string of the molecule is Cc1cc(F)cc(F)c1N(C)c1ccc(N)cc1B1OC(C)(C)C(C)(C)O1. The minimum absolute atomic E-state index is 0.291. The molecule has 0 aromatic heterocycles. The minimum Gasteiger partial charge on any atom is -0.399 e. The topological polar surface area (TPSA) is 47.7 Å². The molecule has 144 valence electrons. The van der Waals surface area contributed by atoms with Crippen LogP contribution in [0.1, 0.15) is 33.3 Å². The zero-order valence-corrected chi connectivity index (χ0v) is 16.6. The molecular formula is C20H25BF2N2O2. The molecule has 0 spiro atoms. The van der Waals surface area contributed by atoms with E-state index in [1.54, 1.807) is 37.1 Å². The second kappa shape index (κ2) is 6.50. The fraction of sp³-hybridized carbons (Fsp3) is 0.400. The molecule has 0 bridgehead atoms. The normalized spacial score (nSPS) is 18.0. The van der Waals surface area contributed by atoms with Gasteiger partial charge in [0.2, 0.25) is 0 Å². The van der Waals surface area contributed by atoms with E-state index in [0.29, 0.717) is 28.1 Å². The Bertz CT molecular complexity index is 847. The number of anilines is 3. The van der Waals surface area contributed by atoms with Gasteiger partial charge in [0.1, 0.15) is 11.6 Å². The summed E-state index contributed by atoms with van der Waals surface area (Å²) < 4.78 is 40.3. The van der Waals surface area contributed by atoms with Crippen LogP contribution in [0.2, 0.25) is 0 Å². The summed E-state index contributed by atoms with van der Waals surface area (Å²) in [6.45, 7) is 9.53. The Labute approximate surface area is 159 Å². The molecule has 1 fully saturated rings. The summed E-state index contributed by atoms with van der Waals surface area (Å²) in [5, 5.41) is 0. The van der Waals surface area contributed by atoms with Crippen molar-refractivity contribution in [1.82, 2.24) is 0 Å². The molecule has 1 heterocycles. The van der Waals surface area contributed by atoms with Gasteiger partial charge in [0.15, 0.2) is 0 Å². The number of hydrogen-bond acceptors (Lipinski definition) is 4. The summed E-state index contributed by atoms with van der Waals surface area (Å²) in [6, 6.07) is 7.48. The lowest BCUT2D eigenvalue weighted by Crippen LogP contribution is -2.41. The van der Waals surface area contributed by atoms with Crippen LogP contribution in [-0.2, 0) is 9.31 Å². The first-order valence-electron chi connectivity index (χ1n) is 8.87. The zero-order valence-electron chi connectivity index (χ0n) is 16.6. The lowest BCUT2D eigenvalue weighted by molar-refractivity contribution is 0.00578. The molecular weight excluding hydrogens is 349 g/mol. The van der Waals surface area contributed by atoms with Gasteiger partial charge in [0.25, 0.3) is 0 Å². The monoisotopic (exact) mass is 374 g/mol. The minimum atomic E-state index is -0.653. The van der Waals surface area contributed by atoms with Crippen molar-refractivity contribution >= 4 is 29.6 Å². The van der Waals surface area contributed by atoms with Crippen LogP contribution in [0, 0.1) is 18.6 Å². The Hall–Kier alpha value is -2.12. The molecule has 27 heavy (non-hydrogen) atoms. The van der Waals surface area contributed by atoms with Crippen molar-refractivity contribution in [2.45, 2.75) is 45.8 Å². The Morgan fingerprint density at radius 3 is 2.15 bits per heavy atom. The number of nitrogens with zero attached hydrogens (tertiary/aromatic N) is 1. The standard InChI is InChI=1S/C20H25BF2N2O2/c1-12-9-13(22)10-16(23)18(12)25(6)17-8-7-14(24)11-15(17)21-26-19(2,3)20(4,5)27-21/h7-11H,24H2,1-6H3. The van der Waals surface area contributed by atoms with Crippen LogP contribution in [0.25, 0.3) is 0 Å². The highest BCUT2D eigenvalue weighted by Crippen LogP contribution is 2.38. The van der Waals surface area contributed by atoms with E-state index in [2.05, 4.69) is 0 Å². The van der Waals surface area contributed by atoms with Crippen LogP contribution in [-0.4, -0.2) is 25.4 Å². The Morgan fingerprint density at radius 2 is 1.59 bits per heavy atom. The molecule has 1 aliphatic heterocycles. The second-order valence-electron chi connectivity index (χ2n) is 8.02. The van der Waals surface area contributed by atoms with E-state index in [9.17, 15) is 8.78 Å². The van der Waals surface area contributed by atoms with Crippen molar-refractivity contribution < 1.29 is 18.1 Å². The van der Waals surface area contributed by atoms with E-state index in [1.807, 2.05) is 27.7 Å². The van der Waals surface area contributed by atoms with Gasteiger partial charge >= 0.3 is 7.12 Å². The number of nitrogens with two attached hydrogens (primary N) is 1. The average molecular weight is 374 g/mol. The van der Waals surface area contributed by atoms with E-state index >= 15 is 0 Å². The van der Waals surface area contributed by atoms with Gasteiger partial charge in [0.05, 0.1) is 16.9 Å². The summed E-state index contributed by atoms with van der Waals surface area (Å²) in [7, 11) is 1.07. The molecule has 0 unspecified atom stereocenters. The highest BCUT2D eigenvalue weighted by molar-refractivity contribution is 6.64. The van der Waals surface area contributed by atoms with Gasteiger partial charge in [-0.25, -0.2) is 8.78 Å². The van der Waals surface area contributed by atoms with Crippen molar-refractivity contribution in [2.75, 3.05) is 17.7 Å². The quantitative estimate of drug-likeness (QED) is 0.654. The van der Waals surface area contributed by atoms with Gasteiger partial charge in [-0.1, -0.05) is 0 Å². The predicted molar refractivity (Wildman–Crippen MR) is 106 cm³/mol. The number of rotatable bonds is 3. The van der Waals surface area contributed by atoms with Gasteiger partial charge in [-0.15, -0.1) is 0 Å². The number of benzene rings is 2. The molecule has 0 aliphatic carbocycles. The van der Waals surface area contributed by atoms with Gasteiger partial charge in [-0.3, -0.25) is 0 Å². The van der Waals surface area contributed by atoms with Crippen LogP contribution in [0.15, 0.2) is 30.3 Å². The summed E-state index contributed by atoms with van der Waals surface area (Å²) in [4.78, 5) is 1.67. The van der Waals surface area contributed by atoms with E-state index in [-0.39, 0.29) is 0 Å². The van der Waals surface area contributed by atoms with Crippen LogP contribution in [0.5, 0.6) is 0 Å². The van der Waals surface area contributed by atoms with Gasteiger partial charge < -0.3 is 19.9 Å². The Kier molecular flexibility index (Phi) is 4.72. The third-order valence-corrected chi connectivity index (χ3v) is 5.47. The molecule has 2 N–H and O–H groups in total. The van der Waals surface area contributed by atoms with Crippen LogP contribution in [0.3, 0.4) is 0 Å². The van der Waals surface area contributed by atoms with Crippen molar-refractivity contribution in [2.24, 2.45) is 0 Å². The van der Waals surface area contributed by atoms with Gasteiger partial charge in [-0.05, 0) is 64.4 Å². The molecule has 1 aliphatic rings. The summed E-state index contributed by atoms with van der Waals surface area (Å²) in [5.41, 5.74) is 7.66. The first-order chi connectivity index (χ1) is 12.4. The molecule has 0 amide bonds. The number of aryl methyl sites for hydroxylation is 1. The van der Waals surface area contributed by atoms with Crippen LogP contribution < -0.4 is 16.1 Å². The second-order valence-corrected chi connectivity index (χ2v) is 8.02. The smallest absolute Gasteiger partial charge is 0.399 e. The fourth-order valence-electron chi connectivity index (χ4n) is 3.28. The van der Waals surface area contributed by atoms with E-state index in [0.717, 1.165) is 6.07 Å². The van der Waals surface area contributed by atoms with Crippen LogP contribution >= 0.6 is 0 Å². The van der Waals surface area contributed by atoms with Gasteiger partial charge in [0, 0.05) is 30.0 Å². The third kappa shape index (κ3) is 3.41. The lowest BCUT2D eigenvalue weighted by Gasteiger charge is -2.32. The average Bonchev–Trinajstić information content (AvgIpc) is 2.74. The summed E-state index contributed by atoms with van der Waals surface area (Å²) >= 11 is 0. The molecule has 4 nitrogen and oxygen atoms in total. The molecule has 0 atom stereocenters. The Morgan fingerprint density at radius 1 is 1.00 bits per heavy atom. The molecule has 2 aromatic carbocycles. The largest absolute Gasteiger partial charge is 0.497 e. The van der Waals surface area contributed by atoms with Crippen molar-refractivity contribution in [3.8, 4) is 0 Å². The van der Waals surface area contributed by atoms with E-state index in [4.69, 9.17) is 15.0 Å². The first kappa shape index (κ1) is 19.6. The van der Waals surface area contributed by atoms with Crippen molar-refractivity contribution in [1.29, 1.82) is 0 Å². The van der Waals surface area contributed by atoms with Crippen molar-refractivity contribution in [3.63, 3.8) is 0 Å². The van der Waals surface area contributed by atoms with E-state index in [1.165, 1.54) is 6.07 Å². The molecule has 0 saturated carbocycles. The molecule has 0 radical (unpaired) electrons. The summed E-state index contributed by atoms with van der Waals surface area (Å²) in [6.07, 6.45) is 0. The molecule has 1 saturated heterocycles. The fourth-order valence-corrected chi connectivity index (χ4v) is 3.28. The maximum Gasteiger partial charge on any atom is 0.497 e. The van der Waals surface area contributed by atoms with Crippen LogP contribution in [0.4, 0.5) is 25.8 Å². The predicted octanol–water partition coefficient (Wildman–Crippen LogP) is 3.92. The maximum atomic E-state index is 14.5. The van der Waals surface area contributed by atoms with Gasteiger partial charge in [-0.2, -0.15) is 0 Å². The molecule has 7 heteroatoms.